The first-order valence-electron chi connectivity index (χ1n) is 10.7. The van der Waals surface area contributed by atoms with Gasteiger partial charge in [-0.25, -0.2) is 0 Å². The number of aromatic nitrogens is 1. The molecule has 180 valence electrons. The molecule has 4 rings (SSSR count). The monoisotopic (exact) mass is 517 g/mol. The van der Waals surface area contributed by atoms with E-state index in [2.05, 4.69) is 5.32 Å². The van der Waals surface area contributed by atoms with E-state index in [4.69, 9.17) is 21.1 Å². The summed E-state index contributed by atoms with van der Waals surface area (Å²) in [4.78, 5) is 26.6. The lowest BCUT2D eigenvalue weighted by Gasteiger charge is -2.07. The van der Waals surface area contributed by atoms with E-state index in [-0.39, 0.29) is 15.8 Å². The summed E-state index contributed by atoms with van der Waals surface area (Å²) >= 11 is 6.98. The molecule has 0 saturated carbocycles. The van der Waals surface area contributed by atoms with E-state index in [1.54, 1.807) is 81.0 Å². The second-order valence-electron chi connectivity index (χ2n) is 7.48. The number of ether oxygens (including phenoxy) is 2. The number of nitrogens with zero attached hydrogens (tertiary/aromatic N) is 2. The van der Waals surface area contributed by atoms with Crippen LogP contribution in [0.1, 0.15) is 5.56 Å². The van der Waals surface area contributed by atoms with Gasteiger partial charge in [0.05, 0.1) is 24.4 Å². The molecule has 0 aliphatic carbocycles. The summed E-state index contributed by atoms with van der Waals surface area (Å²) in [6.07, 6.45) is 1.71. The normalized spacial score (nSPS) is 12.0. The summed E-state index contributed by atoms with van der Waals surface area (Å²) < 4.78 is 12.3. The van der Waals surface area contributed by atoms with Crippen LogP contribution in [0.2, 0.25) is 5.02 Å². The molecule has 0 aliphatic heterocycles. The molecule has 0 saturated heterocycles. The fourth-order valence-corrected chi connectivity index (χ4v) is 4.62. The molecule has 0 radical (unpaired) electrons. The molecule has 0 unspecified atom stereocenters. The van der Waals surface area contributed by atoms with E-state index in [1.807, 2.05) is 18.2 Å². The zero-order valence-corrected chi connectivity index (χ0v) is 20.9. The van der Waals surface area contributed by atoms with E-state index in [1.165, 1.54) is 4.57 Å². The van der Waals surface area contributed by atoms with Crippen molar-refractivity contribution in [2.24, 2.45) is 0 Å². The first-order valence-corrected chi connectivity index (χ1v) is 11.9. The van der Waals surface area contributed by atoms with Crippen molar-refractivity contribution in [1.29, 1.82) is 5.26 Å². The number of hydrogen-bond acceptors (Lipinski definition) is 6. The molecule has 1 N–H and O–H groups in total. The third-order valence-electron chi connectivity index (χ3n) is 5.22. The lowest BCUT2D eigenvalue weighted by Crippen LogP contribution is -2.32. The second-order valence-corrected chi connectivity index (χ2v) is 8.94. The van der Waals surface area contributed by atoms with Crippen molar-refractivity contribution in [3.05, 3.63) is 103 Å². The first-order chi connectivity index (χ1) is 17.4. The molecule has 0 spiro atoms. The maximum atomic E-state index is 13.5. The average Bonchev–Trinajstić information content (AvgIpc) is 3.21. The SMILES string of the molecule is COc1ccc(/C=c2/s/c(=C(\C#N)C(=O)Nc3ccc(Cl)cc3)n(-c3ccc(OC)cc3)c2=O)cc1. The smallest absolute Gasteiger partial charge is 0.273 e. The van der Waals surface area contributed by atoms with Crippen molar-refractivity contribution < 1.29 is 14.3 Å². The van der Waals surface area contributed by atoms with Gasteiger partial charge in [0.25, 0.3) is 11.5 Å². The van der Waals surface area contributed by atoms with Crippen LogP contribution in [0.25, 0.3) is 17.3 Å². The minimum Gasteiger partial charge on any atom is -0.497 e. The van der Waals surface area contributed by atoms with Crippen LogP contribution < -0.4 is 29.5 Å². The van der Waals surface area contributed by atoms with Crippen molar-refractivity contribution in [2.45, 2.75) is 0 Å². The van der Waals surface area contributed by atoms with Crippen molar-refractivity contribution in [2.75, 3.05) is 19.5 Å². The van der Waals surface area contributed by atoms with Gasteiger partial charge in [-0.05, 0) is 72.3 Å². The molecule has 1 aromatic heterocycles. The van der Waals surface area contributed by atoms with Crippen molar-refractivity contribution in [3.63, 3.8) is 0 Å². The Morgan fingerprint density at radius 1 is 0.972 bits per heavy atom. The molecule has 0 atom stereocenters. The number of carbonyl (C=O) groups excluding carboxylic acids is 1. The summed E-state index contributed by atoms with van der Waals surface area (Å²) in [5.41, 5.74) is 1.18. The fourth-order valence-electron chi connectivity index (χ4n) is 3.39. The summed E-state index contributed by atoms with van der Waals surface area (Å²) in [5, 5.41) is 13.2. The molecule has 0 aliphatic rings. The van der Waals surface area contributed by atoms with Gasteiger partial charge in [0.15, 0.2) is 5.57 Å². The van der Waals surface area contributed by atoms with Gasteiger partial charge in [-0.2, -0.15) is 5.26 Å². The van der Waals surface area contributed by atoms with Crippen LogP contribution in [-0.2, 0) is 4.79 Å². The molecule has 7 nitrogen and oxygen atoms in total. The minimum absolute atomic E-state index is 0.197. The molecule has 0 bridgehead atoms. The number of rotatable bonds is 6. The highest BCUT2D eigenvalue weighted by atomic mass is 35.5. The molecule has 1 heterocycles. The van der Waals surface area contributed by atoms with Gasteiger partial charge in [0.1, 0.15) is 22.2 Å². The van der Waals surface area contributed by atoms with Crippen LogP contribution in [-0.4, -0.2) is 24.7 Å². The predicted octanol–water partition coefficient (Wildman–Crippen LogP) is 3.71. The third kappa shape index (κ3) is 5.33. The molecule has 36 heavy (non-hydrogen) atoms. The quantitative estimate of drug-likeness (QED) is 0.421. The summed E-state index contributed by atoms with van der Waals surface area (Å²) in [7, 11) is 3.12. The number of thiazole rings is 1. The number of methoxy groups -OCH3 is 2. The zero-order valence-electron chi connectivity index (χ0n) is 19.3. The van der Waals surface area contributed by atoms with Crippen molar-refractivity contribution in [3.8, 4) is 23.3 Å². The lowest BCUT2D eigenvalue weighted by molar-refractivity contribution is -0.111. The summed E-state index contributed by atoms with van der Waals surface area (Å²) in [6.45, 7) is 0. The number of nitriles is 1. The third-order valence-corrected chi connectivity index (χ3v) is 6.57. The zero-order chi connectivity index (χ0) is 25.7. The van der Waals surface area contributed by atoms with Gasteiger partial charge < -0.3 is 14.8 Å². The van der Waals surface area contributed by atoms with Gasteiger partial charge in [0, 0.05) is 10.7 Å². The topological polar surface area (TPSA) is 93.3 Å². The average molecular weight is 518 g/mol. The van der Waals surface area contributed by atoms with Crippen LogP contribution in [0.3, 0.4) is 0 Å². The van der Waals surface area contributed by atoms with Crippen molar-refractivity contribution in [1.82, 2.24) is 4.57 Å². The van der Waals surface area contributed by atoms with E-state index in [0.717, 1.165) is 16.9 Å². The number of benzene rings is 3. The molecule has 1 amide bonds. The number of carbonyl (C=O) groups is 1. The van der Waals surface area contributed by atoms with E-state index in [0.29, 0.717) is 32.4 Å². The summed E-state index contributed by atoms with van der Waals surface area (Å²) in [6, 6.07) is 22.5. The first kappa shape index (κ1) is 24.8. The number of halogens is 1. The van der Waals surface area contributed by atoms with Crippen LogP contribution in [0.5, 0.6) is 11.5 Å². The predicted molar refractivity (Wildman–Crippen MR) is 141 cm³/mol. The van der Waals surface area contributed by atoms with Crippen LogP contribution in [0.4, 0.5) is 5.69 Å². The molecular weight excluding hydrogens is 498 g/mol. The van der Waals surface area contributed by atoms with E-state index >= 15 is 0 Å². The Kier molecular flexibility index (Phi) is 7.54. The highest BCUT2D eigenvalue weighted by Gasteiger charge is 2.17. The number of anilines is 1. The number of hydrogen-bond donors (Lipinski definition) is 1. The second kappa shape index (κ2) is 11.0. The Hall–Kier alpha value is -4.32. The Balaban J connectivity index is 1.92. The molecule has 4 aromatic rings. The lowest BCUT2D eigenvalue weighted by atomic mass is 10.2. The number of amides is 1. The molecule has 9 heteroatoms. The summed E-state index contributed by atoms with van der Waals surface area (Å²) in [5.74, 6) is 0.659. The van der Waals surface area contributed by atoms with Gasteiger partial charge in [-0.3, -0.25) is 14.2 Å². The molecular formula is C27H20ClN3O4S. The Morgan fingerprint density at radius 3 is 2.11 bits per heavy atom. The maximum Gasteiger partial charge on any atom is 0.273 e. The van der Waals surface area contributed by atoms with Crippen molar-refractivity contribution >= 4 is 46.2 Å². The van der Waals surface area contributed by atoms with Crippen LogP contribution in [0, 0.1) is 11.3 Å². The fraction of sp³-hybridized carbons (Fsp3) is 0.0741. The van der Waals surface area contributed by atoms with E-state index < -0.39 is 5.91 Å². The maximum absolute atomic E-state index is 13.5. The Morgan fingerprint density at radius 2 is 1.56 bits per heavy atom. The van der Waals surface area contributed by atoms with E-state index in [9.17, 15) is 14.9 Å². The molecule has 3 aromatic carbocycles. The molecule has 0 fully saturated rings. The Labute approximate surface area is 215 Å². The Bertz CT molecular complexity index is 1620. The van der Waals surface area contributed by atoms with Crippen LogP contribution >= 0.6 is 22.9 Å². The largest absolute Gasteiger partial charge is 0.497 e. The van der Waals surface area contributed by atoms with Gasteiger partial charge >= 0.3 is 0 Å². The van der Waals surface area contributed by atoms with Gasteiger partial charge in [0.2, 0.25) is 0 Å². The van der Waals surface area contributed by atoms with Gasteiger partial charge in [-0.1, -0.05) is 23.7 Å². The standard InChI is InChI=1S/C27H20ClN3O4S/c1-34-21-11-3-17(4-12-21)15-24-26(33)31(20-9-13-22(35-2)14-10-20)27(36-24)23(16-29)25(32)30-19-7-5-18(28)6-8-19/h3-15H,1-2H3,(H,30,32)/b24-15+,27-23+. The highest BCUT2D eigenvalue weighted by Crippen LogP contribution is 2.16. The highest BCUT2D eigenvalue weighted by molar-refractivity contribution is 7.07. The number of nitrogens with one attached hydrogen (secondary N) is 1. The minimum atomic E-state index is -0.640. The van der Waals surface area contributed by atoms with Crippen LogP contribution in [0.15, 0.2) is 77.6 Å². The van der Waals surface area contributed by atoms with Gasteiger partial charge in [-0.15, -0.1) is 11.3 Å².